The first-order valence-electron chi connectivity index (χ1n) is 5.99. The van der Waals surface area contributed by atoms with Gasteiger partial charge in [-0.1, -0.05) is 0 Å². The second-order valence-electron chi connectivity index (χ2n) is 4.38. The first kappa shape index (κ1) is 11.9. The molecule has 0 saturated carbocycles. The fourth-order valence-electron chi connectivity index (χ4n) is 2.43. The van der Waals surface area contributed by atoms with Crippen LogP contribution in [0.2, 0.25) is 0 Å². The second-order valence-corrected chi connectivity index (χ2v) is 4.38. The molecule has 0 radical (unpaired) electrons. The highest BCUT2D eigenvalue weighted by Crippen LogP contribution is 2.31. The molecular formula is C13H18N2O2. The lowest BCUT2D eigenvalue weighted by Gasteiger charge is -2.33. The quantitative estimate of drug-likeness (QED) is 0.752. The number of rotatable bonds is 3. The number of hydrogen-bond donors (Lipinski definition) is 0. The standard InChI is InChI=1S/C13H18N2O2/c1-10-11(6-7-13(14-10)17-2)12-5-3-4-8-15(12)9-16/h6-7,9,12H,3-5,8H2,1-2H3/t12-/m0/s1. The van der Waals surface area contributed by atoms with Crippen molar-refractivity contribution in [2.75, 3.05) is 13.7 Å². The molecule has 1 aliphatic rings. The lowest BCUT2D eigenvalue weighted by molar-refractivity contribution is -0.121. The Morgan fingerprint density at radius 1 is 1.47 bits per heavy atom. The van der Waals surface area contributed by atoms with Crippen LogP contribution >= 0.6 is 0 Å². The topological polar surface area (TPSA) is 42.4 Å². The summed E-state index contributed by atoms with van der Waals surface area (Å²) in [6, 6.07) is 4.06. The Morgan fingerprint density at radius 3 is 2.94 bits per heavy atom. The lowest BCUT2D eigenvalue weighted by atomic mass is 9.95. The fourth-order valence-corrected chi connectivity index (χ4v) is 2.43. The molecule has 1 atom stereocenters. The molecule has 1 saturated heterocycles. The van der Waals surface area contributed by atoms with E-state index in [1.165, 1.54) is 6.42 Å². The van der Waals surface area contributed by atoms with Crippen LogP contribution in [0.25, 0.3) is 0 Å². The second kappa shape index (κ2) is 5.17. The van der Waals surface area contributed by atoms with Crippen molar-refractivity contribution in [3.8, 4) is 5.88 Å². The van der Waals surface area contributed by atoms with Crippen molar-refractivity contribution in [1.82, 2.24) is 9.88 Å². The summed E-state index contributed by atoms with van der Waals surface area (Å²) in [7, 11) is 1.61. The number of methoxy groups -OCH3 is 1. The maximum atomic E-state index is 11.1. The number of hydrogen-bond acceptors (Lipinski definition) is 3. The number of piperidine rings is 1. The Hall–Kier alpha value is -1.58. The van der Waals surface area contributed by atoms with E-state index in [0.29, 0.717) is 5.88 Å². The van der Waals surface area contributed by atoms with E-state index in [-0.39, 0.29) is 6.04 Å². The highest BCUT2D eigenvalue weighted by Gasteiger charge is 2.24. The van der Waals surface area contributed by atoms with Crippen LogP contribution in [-0.2, 0) is 4.79 Å². The van der Waals surface area contributed by atoms with Gasteiger partial charge < -0.3 is 9.64 Å². The van der Waals surface area contributed by atoms with Crippen molar-refractivity contribution in [2.24, 2.45) is 0 Å². The van der Waals surface area contributed by atoms with E-state index >= 15 is 0 Å². The van der Waals surface area contributed by atoms with Gasteiger partial charge in [-0.25, -0.2) is 4.98 Å². The van der Waals surface area contributed by atoms with Crippen molar-refractivity contribution in [3.05, 3.63) is 23.4 Å². The van der Waals surface area contributed by atoms with Gasteiger partial charge in [0, 0.05) is 18.3 Å². The SMILES string of the molecule is COc1ccc([C@@H]2CCCCN2C=O)c(C)n1. The molecule has 0 unspecified atom stereocenters. The van der Waals surface area contributed by atoms with E-state index in [0.717, 1.165) is 37.1 Å². The average molecular weight is 234 g/mol. The minimum Gasteiger partial charge on any atom is -0.481 e. The summed E-state index contributed by atoms with van der Waals surface area (Å²) in [6.07, 6.45) is 4.24. The van der Waals surface area contributed by atoms with Crippen LogP contribution in [-0.4, -0.2) is 29.9 Å². The molecule has 2 rings (SSSR count). The van der Waals surface area contributed by atoms with Gasteiger partial charge in [0.15, 0.2) is 0 Å². The smallest absolute Gasteiger partial charge is 0.213 e. The summed E-state index contributed by atoms with van der Waals surface area (Å²) in [6.45, 7) is 2.81. The summed E-state index contributed by atoms with van der Waals surface area (Å²) < 4.78 is 5.10. The molecule has 1 aromatic heterocycles. The number of likely N-dealkylation sites (tertiary alicyclic amines) is 1. The van der Waals surface area contributed by atoms with Crippen LogP contribution in [0.3, 0.4) is 0 Å². The maximum Gasteiger partial charge on any atom is 0.213 e. The molecule has 2 heterocycles. The van der Waals surface area contributed by atoms with Crippen molar-refractivity contribution < 1.29 is 9.53 Å². The zero-order valence-corrected chi connectivity index (χ0v) is 10.3. The van der Waals surface area contributed by atoms with Gasteiger partial charge in [-0.15, -0.1) is 0 Å². The Bertz CT molecular complexity index is 406. The van der Waals surface area contributed by atoms with Crippen molar-refractivity contribution in [3.63, 3.8) is 0 Å². The predicted octanol–water partition coefficient (Wildman–Crippen LogP) is 2.08. The largest absolute Gasteiger partial charge is 0.481 e. The summed E-state index contributed by atoms with van der Waals surface area (Å²) >= 11 is 0. The molecule has 0 bridgehead atoms. The van der Waals surface area contributed by atoms with Gasteiger partial charge in [0.2, 0.25) is 12.3 Å². The molecule has 0 N–H and O–H groups in total. The van der Waals surface area contributed by atoms with Crippen LogP contribution in [0, 0.1) is 6.92 Å². The molecule has 1 aromatic rings. The van der Waals surface area contributed by atoms with Gasteiger partial charge in [-0.05, 0) is 37.8 Å². The number of aromatic nitrogens is 1. The van der Waals surface area contributed by atoms with Gasteiger partial charge >= 0.3 is 0 Å². The molecule has 17 heavy (non-hydrogen) atoms. The summed E-state index contributed by atoms with van der Waals surface area (Å²) in [5, 5.41) is 0. The molecule has 4 nitrogen and oxygen atoms in total. The van der Waals surface area contributed by atoms with Crippen molar-refractivity contribution in [1.29, 1.82) is 0 Å². The van der Waals surface area contributed by atoms with Gasteiger partial charge in [-0.3, -0.25) is 4.79 Å². The maximum absolute atomic E-state index is 11.1. The van der Waals surface area contributed by atoms with E-state index in [1.54, 1.807) is 7.11 Å². The van der Waals surface area contributed by atoms with Crippen LogP contribution in [0.4, 0.5) is 0 Å². The van der Waals surface area contributed by atoms with E-state index in [4.69, 9.17) is 4.74 Å². The number of aryl methyl sites for hydroxylation is 1. The van der Waals surface area contributed by atoms with Crippen molar-refractivity contribution >= 4 is 6.41 Å². The zero-order chi connectivity index (χ0) is 12.3. The monoisotopic (exact) mass is 234 g/mol. The molecular weight excluding hydrogens is 216 g/mol. The van der Waals surface area contributed by atoms with E-state index in [2.05, 4.69) is 4.98 Å². The number of amides is 1. The van der Waals surface area contributed by atoms with Crippen LogP contribution < -0.4 is 4.74 Å². The van der Waals surface area contributed by atoms with Crippen LogP contribution in [0.5, 0.6) is 5.88 Å². The third-order valence-electron chi connectivity index (χ3n) is 3.35. The molecule has 4 heteroatoms. The number of ether oxygens (including phenoxy) is 1. The first-order valence-corrected chi connectivity index (χ1v) is 5.99. The fraction of sp³-hybridized carbons (Fsp3) is 0.538. The Labute approximate surface area is 102 Å². The molecule has 1 fully saturated rings. The number of carbonyl (C=O) groups is 1. The van der Waals surface area contributed by atoms with E-state index in [1.807, 2.05) is 24.0 Å². The third-order valence-corrected chi connectivity index (χ3v) is 3.35. The third kappa shape index (κ3) is 2.40. The molecule has 0 aromatic carbocycles. The number of nitrogens with zero attached hydrogens (tertiary/aromatic N) is 2. The van der Waals surface area contributed by atoms with Gasteiger partial charge in [0.25, 0.3) is 0 Å². The van der Waals surface area contributed by atoms with Crippen LogP contribution in [0.1, 0.15) is 36.6 Å². The molecule has 0 spiro atoms. The number of pyridine rings is 1. The van der Waals surface area contributed by atoms with Crippen molar-refractivity contribution in [2.45, 2.75) is 32.2 Å². The highest BCUT2D eigenvalue weighted by molar-refractivity contribution is 5.49. The minimum atomic E-state index is 0.180. The number of carbonyl (C=O) groups excluding carboxylic acids is 1. The summed E-state index contributed by atoms with van der Waals surface area (Å²) in [4.78, 5) is 17.3. The van der Waals surface area contributed by atoms with Gasteiger partial charge in [0.1, 0.15) is 0 Å². The Balaban J connectivity index is 2.28. The summed E-state index contributed by atoms with van der Waals surface area (Å²) in [5.74, 6) is 0.625. The van der Waals surface area contributed by atoms with E-state index < -0.39 is 0 Å². The van der Waals surface area contributed by atoms with Gasteiger partial charge in [-0.2, -0.15) is 0 Å². The highest BCUT2D eigenvalue weighted by atomic mass is 16.5. The predicted molar refractivity (Wildman–Crippen MR) is 64.9 cm³/mol. The van der Waals surface area contributed by atoms with Gasteiger partial charge in [0.05, 0.1) is 13.2 Å². The zero-order valence-electron chi connectivity index (χ0n) is 10.3. The Kier molecular flexibility index (Phi) is 3.61. The lowest BCUT2D eigenvalue weighted by Crippen LogP contribution is -2.32. The van der Waals surface area contributed by atoms with Crippen LogP contribution in [0.15, 0.2) is 12.1 Å². The summed E-state index contributed by atoms with van der Waals surface area (Å²) in [5.41, 5.74) is 2.08. The van der Waals surface area contributed by atoms with E-state index in [9.17, 15) is 4.79 Å². The molecule has 1 aliphatic heterocycles. The normalized spacial score (nSPS) is 20.1. The first-order chi connectivity index (χ1) is 8.26. The molecule has 0 aliphatic carbocycles. The Morgan fingerprint density at radius 2 is 2.29 bits per heavy atom. The molecule has 92 valence electrons. The molecule has 1 amide bonds. The minimum absolute atomic E-state index is 0.180. The average Bonchev–Trinajstić information content (AvgIpc) is 2.38.